The Bertz CT molecular complexity index is 409. The summed E-state index contributed by atoms with van der Waals surface area (Å²) in [6.07, 6.45) is 2.53. The molecule has 3 heteroatoms. The Kier molecular flexibility index (Phi) is 2.56. The van der Waals surface area contributed by atoms with Crippen molar-refractivity contribution in [2.75, 3.05) is 11.1 Å². The van der Waals surface area contributed by atoms with Gasteiger partial charge in [0.05, 0.1) is 11.4 Å². The molecule has 0 atom stereocenters. The highest BCUT2D eigenvalue weighted by molar-refractivity contribution is 5.68. The van der Waals surface area contributed by atoms with E-state index in [0.717, 1.165) is 5.69 Å². The molecule has 2 nitrogen and oxygen atoms in total. The second kappa shape index (κ2) is 3.65. The van der Waals surface area contributed by atoms with Gasteiger partial charge in [-0.1, -0.05) is 0 Å². The smallest absolute Gasteiger partial charge is 0.128 e. The van der Waals surface area contributed by atoms with Crippen LogP contribution in [0.25, 0.3) is 0 Å². The zero-order valence-corrected chi connectivity index (χ0v) is 10.1. The van der Waals surface area contributed by atoms with Gasteiger partial charge in [-0.3, -0.25) is 0 Å². The molecule has 1 aliphatic carbocycles. The molecule has 1 aromatic carbocycles. The Hall–Kier alpha value is -1.25. The van der Waals surface area contributed by atoms with E-state index in [0.29, 0.717) is 17.2 Å². The van der Waals surface area contributed by atoms with Crippen molar-refractivity contribution >= 4 is 11.4 Å². The van der Waals surface area contributed by atoms with Crippen LogP contribution >= 0.6 is 0 Å². The number of benzene rings is 1. The predicted molar refractivity (Wildman–Crippen MR) is 66.0 cm³/mol. The van der Waals surface area contributed by atoms with Crippen LogP contribution < -0.4 is 11.1 Å². The number of anilines is 2. The van der Waals surface area contributed by atoms with Crippen LogP contribution in [0.1, 0.15) is 32.3 Å². The molecule has 0 heterocycles. The molecule has 0 aliphatic heterocycles. The van der Waals surface area contributed by atoms with E-state index >= 15 is 0 Å². The van der Waals surface area contributed by atoms with E-state index in [1.165, 1.54) is 18.9 Å². The Balaban J connectivity index is 2.23. The minimum absolute atomic E-state index is 0.0401. The van der Waals surface area contributed by atoms with Gasteiger partial charge in [-0.15, -0.1) is 0 Å². The number of nitrogen functional groups attached to an aromatic ring is 1. The Morgan fingerprint density at radius 2 is 2.00 bits per heavy atom. The van der Waals surface area contributed by atoms with E-state index in [2.05, 4.69) is 19.2 Å². The van der Waals surface area contributed by atoms with Crippen LogP contribution in [-0.4, -0.2) is 5.54 Å². The molecule has 1 fully saturated rings. The fourth-order valence-electron chi connectivity index (χ4n) is 2.06. The van der Waals surface area contributed by atoms with Crippen LogP contribution in [0.5, 0.6) is 0 Å². The zero-order chi connectivity index (χ0) is 11.9. The molecule has 3 N–H and O–H groups in total. The zero-order valence-electron chi connectivity index (χ0n) is 10.1. The summed E-state index contributed by atoms with van der Waals surface area (Å²) in [4.78, 5) is 0. The highest BCUT2D eigenvalue weighted by Crippen LogP contribution is 2.41. The summed E-state index contributed by atoms with van der Waals surface area (Å²) in [7, 11) is 0. The van der Waals surface area contributed by atoms with Gasteiger partial charge in [-0.2, -0.15) is 0 Å². The third-order valence-corrected chi connectivity index (χ3v) is 3.39. The van der Waals surface area contributed by atoms with Crippen LogP contribution in [0.3, 0.4) is 0 Å². The maximum atomic E-state index is 13.3. The molecule has 0 unspecified atom stereocenters. The van der Waals surface area contributed by atoms with Gasteiger partial charge in [-0.25, -0.2) is 4.39 Å². The first-order valence-corrected chi connectivity index (χ1v) is 5.74. The van der Waals surface area contributed by atoms with E-state index in [-0.39, 0.29) is 11.4 Å². The average molecular weight is 222 g/mol. The van der Waals surface area contributed by atoms with Crippen molar-refractivity contribution in [3.05, 3.63) is 23.5 Å². The van der Waals surface area contributed by atoms with Crippen molar-refractivity contribution in [3.8, 4) is 0 Å². The normalized spacial score (nSPS) is 16.2. The standard InChI is InChI=1S/C13H19FN2/c1-8-6-12(11(15)7-10(8)14)16-13(2,3)9-4-5-9/h6-7,9,16H,4-5,15H2,1-3H3. The van der Waals surface area contributed by atoms with E-state index in [4.69, 9.17) is 5.73 Å². The van der Waals surface area contributed by atoms with Crippen molar-refractivity contribution in [2.45, 2.75) is 39.2 Å². The molecule has 0 spiro atoms. The molecule has 16 heavy (non-hydrogen) atoms. The molecule has 2 rings (SSSR count). The molecule has 0 bridgehead atoms. The molecular weight excluding hydrogens is 203 g/mol. The van der Waals surface area contributed by atoms with Crippen molar-refractivity contribution < 1.29 is 4.39 Å². The lowest BCUT2D eigenvalue weighted by Crippen LogP contribution is -2.33. The summed E-state index contributed by atoms with van der Waals surface area (Å²) in [6.45, 7) is 6.09. The van der Waals surface area contributed by atoms with E-state index in [9.17, 15) is 4.39 Å². The topological polar surface area (TPSA) is 38.0 Å². The number of nitrogens with one attached hydrogen (secondary N) is 1. The summed E-state index contributed by atoms with van der Waals surface area (Å²) < 4.78 is 13.3. The van der Waals surface area contributed by atoms with Crippen LogP contribution in [0, 0.1) is 18.7 Å². The third kappa shape index (κ3) is 2.13. The first-order chi connectivity index (χ1) is 7.40. The fraction of sp³-hybridized carbons (Fsp3) is 0.538. The summed E-state index contributed by atoms with van der Waals surface area (Å²) in [5.41, 5.74) is 7.81. The molecule has 0 amide bonds. The Morgan fingerprint density at radius 3 is 2.56 bits per heavy atom. The number of hydrogen-bond acceptors (Lipinski definition) is 2. The summed E-state index contributed by atoms with van der Waals surface area (Å²) >= 11 is 0. The van der Waals surface area contributed by atoms with E-state index < -0.39 is 0 Å². The lowest BCUT2D eigenvalue weighted by molar-refractivity contribution is 0.494. The van der Waals surface area contributed by atoms with Crippen LogP contribution in [0.4, 0.5) is 15.8 Å². The van der Waals surface area contributed by atoms with Crippen LogP contribution in [-0.2, 0) is 0 Å². The second-order valence-corrected chi connectivity index (χ2v) is 5.31. The van der Waals surface area contributed by atoms with Crippen molar-refractivity contribution in [1.29, 1.82) is 0 Å². The first-order valence-electron chi connectivity index (χ1n) is 5.74. The van der Waals surface area contributed by atoms with E-state index in [1.807, 2.05) is 0 Å². The fourth-order valence-corrected chi connectivity index (χ4v) is 2.06. The molecule has 1 aliphatic rings. The second-order valence-electron chi connectivity index (χ2n) is 5.31. The lowest BCUT2D eigenvalue weighted by Gasteiger charge is -2.28. The van der Waals surface area contributed by atoms with Gasteiger partial charge in [0.1, 0.15) is 5.82 Å². The summed E-state index contributed by atoms with van der Waals surface area (Å²) in [6, 6.07) is 3.18. The minimum Gasteiger partial charge on any atom is -0.397 e. The summed E-state index contributed by atoms with van der Waals surface area (Å²) in [5.74, 6) is 0.463. The van der Waals surface area contributed by atoms with Gasteiger partial charge < -0.3 is 11.1 Å². The molecule has 1 saturated carbocycles. The average Bonchev–Trinajstić information content (AvgIpc) is 2.96. The number of hydrogen-bond donors (Lipinski definition) is 2. The van der Waals surface area contributed by atoms with Crippen molar-refractivity contribution in [2.24, 2.45) is 5.92 Å². The van der Waals surface area contributed by atoms with Crippen LogP contribution in [0.15, 0.2) is 12.1 Å². The number of halogens is 1. The Labute approximate surface area is 96.0 Å². The van der Waals surface area contributed by atoms with Crippen LogP contribution in [0.2, 0.25) is 0 Å². The molecule has 0 aromatic heterocycles. The Morgan fingerprint density at radius 1 is 1.38 bits per heavy atom. The van der Waals surface area contributed by atoms with Crippen molar-refractivity contribution in [1.82, 2.24) is 0 Å². The SMILES string of the molecule is Cc1cc(NC(C)(C)C2CC2)c(N)cc1F. The van der Waals surface area contributed by atoms with Gasteiger partial charge in [0.15, 0.2) is 0 Å². The molecule has 88 valence electrons. The highest BCUT2D eigenvalue weighted by atomic mass is 19.1. The largest absolute Gasteiger partial charge is 0.397 e. The number of aryl methyl sites for hydroxylation is 1. The van der Waals surface area contributed by atoms with Crippen molar-refractivity contribution in [3.63, 3.8) is 0 Å². The maximum Gasteiger partial charge on any atom is 0.128 e. The number of rotatable bonds is 3. The first kappa shape index (κ1) is 11.2. The number of nitrogens with two attached hydrogens (primary N) is 1. The monoisotopic (exact) mass is 222 g/mol. The minimum atomic E-state index is -0.243. The maximum absolute atomic E-state index is 13.3. The lowest BCUT2D eigenvalue weighted by atomic mass is 9.98. The molecule has 0 saturated heterocycles. The summed E-state index contributed by atoms with van der Waals surface area (Å²) in [5, 5.41) is 3.42. The van der Waals surface area contributed by atoms with Gasteiger partial charge in [0.2, 0.25) is 0 Å². The van der Waals surface area contributed by atoms with Gasteiger partial charge in [0.25, 0.3) is 0 Å². The van der Waals surface area contributed by atoms with E-state index in [1.54, 1.807) is 13.0 Å². The van der Waals surface area contributed by atoms with Gasteiger partial charge in [-0.05, 0) is 57.2 Å². The molecule has 0 radical (unpaired) electrons. The predicted octanol–water partition coefficient (Wildman–Crippen LogP) is 3.32. The van der Waals surface area contributed by atoms with Gasteiger partial charge in [0, 0.05) is 5.54 Å². The molecular formula is C13H19FN2. The third-order valence-electron chi connectivity index (χ3n) is 3.39. The van der Waals surface area contributed by atoms with Gasteiger partial charge >= 0.3 is 0 Å². The quantitative estimate of drug-likeness (QED) is 0.770. The molecule has 1 aromatic rings. The highest BCUT2D eigenvalue weighted by Gasteiger charge is 2.37.